The van der Waals surface area contributed by atoms with Crippen LogP contribution in [0.25, 0.3) is 0 Å². The topological polar surface area (TPSA) is 56.8 Å². The van der Waals surface area contributed by atoms with Crippen molar-refractivity contribution >= 4 is 6.09 Å². The summed E-state index contributed by atoms with van der Waals surface area (Å²) in [4.78, 5) is 11.2. The van der Waals surface area contributed by atoms with Crippen molar-refractivity contribution in [2.45, 2.75) is 26.4 Å². The van der Waals surface area contributed by atoms with Crippen LogP contribution >= 0.6 is 0 Å². The first-order valence-electron chi connectivity index (χ1n) is 5.64. The standard InChI is InChI=1S/C11H22FNO4/c1-11(2,3)17-10(14)13-5-7-16-9-8-15-6-4-12/h4-9H2,1-3H3,(H,13,14). The van der Waals surface area contributed by atoms with Gasteiger partial charge in [0, 0.05) is 6.54 Å². The molecule has 0 aromatic carbocycles. The maximum absolute atomic E-state index is 11.6. The third kappa shape index (κ3) is 13.1. The van der Waals surface area contributed by atoms with Gasteiger partial charge in [0.15, 0.2) is 0 Å². The second-order valence-corrected chi connectivity index (χ2v) is 4.34. The van der Waals surface area contributed by atoms with E-state index in [1.165, 1.54) is 0 Å². The SMILES string of the molecule is CC(C)(C)OC(=O)NCCOCCOCCF. The molecule has 0 radical (unpaired) electrons. The molecular formula is C11H22FNO4. The van der Waals surface area contributed by atoms with Crippen molar-refractivity contribution in [2.75, 3.05) is 39.6 Å². The van der Waals surface area contributed by atoms with Crippen molar-refractivity contribution in [3.63, 3.8) is 0 Å². The molecule has 0 atom stereocenters. The van der Waals surface area contributed by atoms with Gasteiger partial charge in [-0.2, -0.15) is 0 Å². The number of nitrogens with one attached hydrogen (secondary N) is 1. The molecular weight excluding hydrogens is 229 g/mol. The Kier molecular flexibility index (Phi) is 8.71. The first-order chi connectivity index (χ1) is 7.95. The molecule has 102 valence electrons. The van der Waals surface area contributed by atoms with E-state index in [9.17, 15) is 9.18 Å². The van der Waals surface area contributed by atoms with E-state index in [1.54, 1.807) is 20.8 Å². The van der Waals surface area contributed by atoms with Crippen molar-refractivity contribution in [3.8, 4) is 0 Å². The quantitative estimate of drug-likeness (QED) is 0.664. The number of hydrogen-bond donors (Lipinski definition) is 1. The monoisotopic (exact) mass is 251 g/mol. The molecule has 0 aromatic heterocycles. The van der Waals surface area contributed by atoms with Crippen LogP contribution in [0.15, 0.2) is 0 Å². The third-order valence-electron chi connectivity index (χ3n) is 1.51. The Morgan fingerprint density at radius 2 is 1.71 bits per heavy atom. The maximum atomic E-state index is 11.6. The number of alkyl carbamates (subject to hydrolysis) is 1. The van der Waals surface area contributed by atoms with Crippen LogP contribution in [0.5, 0.6) is 0 Å². The van der Waals surface area contributed by atoms with Crippen LogP contribution in [-0.2, 0) is 14.2 Å². The second-order valence-electron chi connectivity index (χ2n) is 4.34. The van der Waals surface area contributed by atoms with Gasteiger partial charge < -0.3 is 19.5 Å². The Morgan fingerprint density at radius 1 is 1.12 bits per heavy atom. The molecule has 0 rings (SSSR count). The van der Waals surface area contributed by atoms with Crippen molar-refractivity contribution in [1.82, 2.24) is 5.32 Å². The summed E-state index contributed by atoms with van der Waals surface area (Å²) in [6, 6.07) is 0. The smallest absolute Gasteiger partial charge is 0.407 e. The molecule has 6 heteroatoms. The summed E-state index contributed by atoms with van der Waals surface area (Å²) in [5, 5.41) is 2.55. The molecule has 0 aliphatic carbocycles. The fourth-order valence-corrected chi connectivity index (χ4v) is 0.916. The van der Waals surface area contributed by atoms with Gasteiger partial charge in [0.25, 0.3) is 0 Å². The van der Waals surface area contributed by atoms with E-state index in [-0.39, 0.29) is 6.61 Å². The number of amides is 1. The van der Waals surface area contributed by atoms with E-state index in [0.29, 0.717) is 26.4 Å². The zero-order chi connectivity index (χ0) is 13.1. The molecule has 0 heterocycles. The first kappa shape index (κ1) is 16.1. The molecule has 0 unspecified atom stereocenters. The summed E-state index contributed by atoms with van der Waals surface area (Å²) in [7, 11) is 0. The second kappa shape index (κ2) is 9.18. The highest BCUT2D eigenvalue weighted by Crippen LogP contribution is 2.05. The Balaban J connectivity index is 3.25. The third-order valence-corrected chi connectivity index (χ3v) is 1.51. The largest absolute Gasteiger partial charge is 0.444 e. The van der Waals surface area contributed by atoms with E-state index >= 15 is 0 Å². The fourth-order valence-electron chi connectivity index (χ4n) is 0.916. The number of carbonyl (C=O) groups is 1. The summed E-state index contributed by atoms with van der Waals surface area (Å²) in [6.07, 6.45) is -0.463. The number of hydrogen-bond acceptors (Lipinski definition) is 4. The van der Waals surface area contributed by atoms with Gasteiger partial charge in [-0.25, -0.2) is 9.18 Å². The van der Waals surface area contributed by atoms with E-state index in [1.807, 2.05) is 0 Å². The van der Waals surface area contributed by atoms with E-state index in [4.69, 9.17) is 14.2 Å². The molecule has 1 amide bonds. The molecule has 17 heavy (non-hydrogen) atoms. The van der Waals surface area contributed by atoms with Gasteiger partial charge in [-0.1, -0.05) is 0 Å². The number of ether oxygens (including phenoxy) is 3. The fraction of sp³-hybridized carbons (Fsp3) is 0.909. The molecule has 0 saturated carbocycles. The highest BCUT2D eigenvalue weighted by molar-refractivity contribution is 5.67. The molecule has 0 aliphatic rings. The lowest BCUT2D eigenvalue weighted by atomic mass is 10.2. The van der Waals surface area contributed by atoms with Gasteiger partial charge in [-0.05, 0) is 20.8 Å². The highest BCUT2D eigenvalue weighted by atomic mass is 19.1. The van der Waals surface area contributed by atoms with Crippen LogP contribution in [0.4, 0.5) is 9.18 Å². The lowest BCUT2D eigenvalue weighted by Crippen LogP contribution is -2.34. The summed E-state index contributed by atoms with van der Waals surface area (Å²) in [5.74, 6) is 0. The van der Waals surface area contributed by atoms with Crippen molar-refractivity contribution < 1.29 is 23.4 Å². The van der Waals surface area contributed by atoms with Crippen LogP contribution in [0.1, 0.15) is 20.8 Å². The average Bonchev–Trinajstić information content (AvgIpc) is 2.19. The lowest BCUT2D eigenvalue weighted by molar-refractivity contribution is 0.0371. The summed E-state index contributed by atoms with van der Waals surface area (Å²) in [5.41, 5.74) is -0.495. The molecule has 0 aromatic rings. The minimum absolute atomic E-state index is 0.0967. The predicted octanol–water partition coefficient (Wildman–Crippen LogP) is 1.51. The normalized spacial score (nSPS) is 11.3. The zero-order valence-corrected chi connectivity index (χ0v) is 10.8. The van der Waals surface area contributed by atoms with Crippen LogP contribution in [-0.4, -0.2) is 51.3 Å². The van der Waals surface area contributed by atoms with E-state index < -0.39 is 18.4 Å². The van der Waals surface area contributed by atoms with Crippen LogP contribution in [0.2, 0.25) is 0 Å². The Morgan fingerprint density at radius 3 is 2.24 bits per heavy atom. The summed E-state index contributed by atoms with van der Waals surface area (Å²) in [6.45, 7) is 6.49. The van der Waals surface area contributed by atoms with E-state index in [2.05, 4.69) is 5.32 Å². The number of alkyl halides is 1. The van der Waals surface area contributed by atoms with Crippen molar-refractivity contribution in [3.05, 3.63) is 0 Å². The first-order valence-corrected chi connectivity index (χ1v) is 5.64. The molecule has 0 saturated heterocycles. The zero-order valence-electron chi connectivity index (χ0n) is 10.8. The van der Waals surface area contributed by atoms with Crippen molar-refractivity contribution in [2.24, 2.45) is 0 Å². The van der Waals surface area contributed by atoms with Crippen molar-refractivity contribution in [1.29, 1.82) is 0 Å². The lowest BCUT2D eigenvalue weighted by Gasteiger charge is -2.19. The molecule has 0 bridgehead atoms. The number of rotatable bonds is 8. The molecule has 0 fully saturated rings. The molecule has 5 nitrogen and oxygen atoms in total. The Bertz CT molecular complexity index is 206. The Labute approximate surface area is 102 Å². The van der Waals surface area contributed by atoms with Crippen LogP contribution < -0.4 is 5.32 Å². The van der Waals surface area contributed by atoms with Gasteiger partial charge in [-0.3, -0.25) is 0 Å². The highest BCUT2D eigenvalue weighted by Gasteiger charge is 2.15. The summed E-state index contributed by atoms with van der Waals surface area (Å²) >= 11 is 0. The average molecular weight is 251 g/mol. The Hall–Kier alpha value is -0.880. The minimum Gasteiger partial charge on any atom is -0.444 e. The van der Waals surface area contributed by atoms with E-state index in [0.717, 1.165) is 0 Å². The van der Waals surface area contributed by atoms with Gasteiger partial charge in [0.2, 0.25) is 0 Å². The van der Waals surface area contributed by atoms with Gasteiger partial charge in [0.05, 0.1) is 26.4 Å². The maximum Gasteiger partial charge on any atom is 0.407 e. The molecule has 0 aliphatic heterocycles. The number of halogens is 1. The summed E-state index contributed by atoms with van der Waals surface area (Å²) < 4.78 is 26.7. The predicted molar refractivity (Wildman–Crippen MR) is 61.8 cm³/mol. The van der Waals surface area contributed by atoms with Crippen LogP contribution in [0.3, 0.4) is 0 Å². The van der Waals surface area contributed by atoms with Gasteiger partial charge >= 0.3 is 6.09 Å². The van der Waals surface area contributed by atoms with Gasteiger partial charge in [0.1, 0.15) is 12.3 Å². The number of carbonyl (C=O) groups excluding carboxylic acids is 1. The van der Waals surface area contributed by atoms with Gasteiger partial charge in [-0.15, -0.1) is 0 Å². The van der Waals surface area contributed by atoms with Crippen LogP contribution in [0, 0.1) is 0 Å². The minimum atomic E-state index is -0.495. The molecule has 1 N–H and O–H groups in total. The molecule has 0 spiro atoms.